The molecule has 90 valence electrons. The van der Waals surface area contributed by atoms with Crippen LogP contribution < -0.4 is 0 Å². The summed E-state index contributed by atoms with van der Waals surface area (Å²) in [4.78, 5) is 24.0. The molecule has 5 heteroatoms. The van der Waals surface area contributed by atoms with Crippen LogP contribution in [-0.4, -0.2) is 40.3 Å². The van der Waals surface area contributed by atoms with Crippen molar-refractivity contribution in [2.24, 2.45) is 5.92 Å². The van der Waals surface area contributed by atoms with Crippen molar-refractivity contribution in [3.63, 3.8) is 0 Å². The first-order valence-electron chi connectivity index (χ1n) is 5.69. The van der Waals surface area contributed by atoms with Gasteiger partial charge in [0, 0.05) is 13.0 Å². The highest BCUT2D eigenvalue weighted by Gasteiger charge is 2.48. The summed E-state index contributed by atoms with van der Waals surface area (Å²) in [6.07, 6.45) is 1.36. The third kappa shape index (κ3) is 1.80. The molecule has 0 radical (unpaired) electrons. The van der Waals surface area contributed by atoms with Gasteiger partial charge in [0.1, 0.15) is 0 Å². The van der Waals surface area contributed by atoms with E-state index in [0.717, 1.165) is 19.3 Å². The van der Waals surface area contributed by atoms with Gasteiger partial charge in [0.05, 0.1) is 12.1 Å². The Balaban J connectivity index is 2.11. The van der Waals surface area contributed by atoms with E-state index in [9.17, 15) is 14.7 Å². The average molecular weight is 227 g/mol. The molecular weight excluding hydrogens is 210 g/mol. The molecule has 16 heavy (non-hydrogen) atoms. The second kappa shape index (κ2) is 4.05. The maximum Gasteiger partial charge on any atom is 0.418 e. The number of aliphatic hydroxyl groups excluding tert-OH is 1. The molecule has 4 atom stereocenters. The second-order valence-corrected chi connectivity index (χ2v) is 4.77. The molecule has 0 aromatic rings. The number of piperidine rings is 1. The van der Waals surface area contributed by atoms with Crippen LogP contribution in [0.3, 0.4) is 0 Å². The van der Waals surface area contributed by atoms with Gasteiger partial charge in [-0.25, -0.2) is 4.79 Å². The first-order valence-corrected chi connectivity index (χ1v) is 5.69. The second-order valence-electron chi connectivity index (χ2n) is 4.77. The number of carbonyl (C=O) groups excluding carboxylic acids is 2. The number of hydrogen-bond acceptors (Lipinski definition) is 4. The monoisotopic (exact) mass is 227 g/mol. The Morgan fingerprint density at radius 1 is 1.38 bits per heavy atom. The Morgan fingerprint density at radius 2 is 2.06 bits per heavy atom. The summed E-state index contributed by atoms with van der Waals surface area (Å²) in [7, 11) is 0. The van der Waals surface area contributed by atoms with Crippen molar-refractivity contribution in [1.29, 1.82) is 0 Å². The molecule has 1 amide bonds. The summed E-state index contributed by atoms with van der Waals surface area (Å²) in [6.45, 7) is 3.20. The maximum absolute atomic E-state index is 11.7. The zero-order chi connectivity index (χ0) is 11.9. The van der Waals surface area contributed by atoms with Gasteiger partial charge >= 0.3 is 12.1 Å². The lowest BCUT2D eigenvalue weighted by Gasteiger charge is -2.40. The van der Waals surface area contributed by atoms with E-state index in [1.54, 1.807) is 4.90 Å². The van der Waals surface area contributed by atoms with Gasteiger partial charge in [-0.1, -0.05) is 6.92 Å². The van der Waals surface area contributed by atoms with Crippen LogP contribution in [0, 0.1) is 5.92 Å². The molecule has 0 unspecified atom stereocenters. The number of carbonyl (C=O) groups is 2. The van der Waals surface area contributed by atoms with Crippen LogP contribution in [0.25, 0.3) is 0 Å². The molecule has 1 N–H and O–H groups in total. The summed E-state index contributed by atoms with van der Waals surface area (Å²) < 4.78 is 4.59. The molecule has 0 saturated carbocycles. The van der Waals surface area contributed by atoms with Crippen LogP contribution in [0.2, 0.25) is 0 Å². The SMILES string of the molecule is CC(=O)OC(=O)N1[C@@H]2CC[C@H]1[C@@H](O)[C@@H](C)C2. The van der Waals surface area contributed by atoms with Crippen LogP contribution in [0.15, 0.2) is 0 Å². The molecule has 0 spiro atoms. The summed E-state index contributed by atoms with van der Waals surface area (Å²) in [6, 6.07) is -0.0594. The molecule has 2 heterocycles. The molecule has 0 aromatic heterocycles. The molecule has 2 aliphatic heterocycles. The predicted octanol–water partition coefficient (Wildman–Crippen LogP) is 0.903. The molecule has 0 aliphatic carbocycles. The lowest BCUT2D eigenvalue weighted by molar-refractivity contribution is -0.137. The van der Waals surface area contributed by atoms with Gasteiger partial charge in [-0.2, -0.15) is 0 Å². The normalized spacial score (nSPS) is 37.3. The van der Waals surface area contributed by atoms with Crippen molar-refractivity contribution in [3.05, 3.63) is 0 Å². The van der Waals surface area contributed by atoms with Crippen molar-refractivity contribution in [3.8, 4) is 0 Å². The third-order valence-electron chi connectivity index (χ3n) is 3.61. The molecule has 2 saturated heterocycles. The van der Waals surface area contributed by atoms with Gasteiger partial charge in [0.2, 0.25) is 0 Å². The molecule has 2 bridgehead atoms. The Labute approximate surface area is 94.4 Å². The number of nitrogens with zero attached hydrogens (tertiary/aromatic N) is 1. The minimum atomic E-state index is -0.606. The van der Waals surface area contributed by atoms with Crippen LogP contribution in [0.5, 0.6) is 0 Å². The molecule has 0 aromatic carbocycles. The van der Waals surface area contributed by atoms with E-state index >= 15 is 0 Å². The van der Waals surface area contributed by atoms with Gasteiger partial charge in [-0.3, -0.25) is 9.69 Å². The molecule has 2 fully saturated rings. The number of ether oxygens (including phenoxy) is 1. The highest BCUT2D eigenvalue weighted by atomic mass is 16.6. The van der Waals surface area contributed by atoms with E-state index < -0.39 is 18.2 Å². The highest BCUT2D eigenvalue weighted by molar-refractivity contribution is 5.83. The van der Waals surface area contributed by atoms with Gasteiger partial charge in [-0.15, -0.1) is 0 Å². The number of aliphatic hydroxyl groups is 1. The number of fused-ring (bicyclic) bond motifs is 2. The fourth-order valence-corrected chi connectivity index (χ4v) is 2.89. The summed E-state index contributed by atoms with van der Waals surface area (Å²) in [5.74, 6) is -0.392. The summed E-state index contributed by atoms with van der Waals surface area (Å²) in [5, 5.41) is 9.98. The van der Waals surface area contributed by atoms with E-state index in [4.69, 9.17) is 0 Å². The molecule has 5 nitrogen and oxygen atoms in total. The Morgan fingerprint density at radius 3 is 2.69 bits per heavy atom. The van der Waals surface area contributed by atoms with Crippen LogP contribution in [0.1, 0.15) is 33.1 Å². The Hall–Kier alpha value is -1.10. The van der Waals surface area contributed by atoms with Crippen LogP contribution >= 0.6 is 0 Å². The highest BCUT2D eigenvalue weighted by Crippen LogP contribution is 2.38. The van der Waals surface area contributed by atoms with E-state index in [1.807, 2.05) is 6.92 Å². The van der Waals surface area contributed by atoms with Gasteiger partial charge in [0.15, 0.2) is 0 Å². The van der Waals surface area contributed by atoms with Crippen molar-refractivity contribution >= 4 is 12.1 Å². The average Bonchev–Trinajstić information content (AvgIpc) is 2.52. The smallest absolute Gasteiger partial charge is 0.391 e. The molecule has 2 aliphatic rings. The van der Waals surface area contributed by atoms with Gasteiger partial charge in [0.25, 0.3) is 0 Å². The Kier molecular flexibility index (Phi) is 2.88. The van der Waals surface area contributed by atoms with E-state index in [1.165, 1.54) is 6.92 Å². The minimum absolute atomic E-state index is 0.121. The zero-order valence-electron chi connectivity index (χ0n) is 9.55. The topological polar surface area (TPSA) is 66.8 Å². The van der Waals surface area contributed by atoms with E-state index in [-0.39, 0.29) is 18.0 Å². The largest absolute Gasteiger partial charge is 0.418 e. The lowest BCUT2D eigenvalue weighted by Crippen LogP contribution is -2.53. The van der Waals surface area contributed by atoms with Gasteiger partial charge in [-0.05, 0) is 25.2 Å². The standard InChI is InChI=1S/C11H17NO4/c1-6-5-8-3-4-9(10(6)14)12(8)11(15)16-7(2)13/h6,8-10,14H,3-5H2,1-2H3/t6-,8+,9-,10-/m0/s1. The first kappa shape index (κ1) is 11.4. The number of rotatable bonds is 0. The number of hydrogen-bond donors (Lipinski definition) is 1. The number of esters is 1. The van der Waals surface area contributed by atoms with Crippen molar-refractivity contribution in [1.82, 2.24) is 4.90 Å². The van der Waals surface area contributed by atoms with Crippen molar-refractivity contribution in [2.75, 3.05) is 0 Å². The van der Waals surface area contributed by atoms with Crippen molar-refractivity contribution in [2.45, 2.75) is 51.3 Å². The van der Waals surface area contributed by atoms with Crippen molar-refractivity contribution < 1.29 is 19.4 Å². The molecule has 2 rings (SSSR count). The first-order chi connectivity index (χ1) is 7.50. The minimum Gasteiger partial charge on any atom is -0.391 e. The summed E-state index contributed by atoms with van der Waals surface area (Å²) >= 11 is 0. The zero-order valence-corrected chi connectivity index (χ0v) is 9.55. The quantitative estimate of drug-likeness (QED) is 0.493. The summed E-state index contributed by atoms with van der Waals surface area (Å²) in [5.41, 5.74) is 0. The number of amides is 1. The fraction of sp³-hybridized carbons (Fsp3) is 0.818. The van der Waals surface area contributed by atoms with Crippen LogP contribution in [-0.2, 0) is 9.53 Å². The fourth-order valence-electron chi connectivity index (χ4n) is 2.89. The Bertz CT molecular complexity index is 317. The maximum atomic E-state index is 11.7. The predicted molar refractivity (Wildman–Crippen MR) is 55.6 cm³/mol. The van der Waals surface area contributed by atoms with Crippen LogP contribution in [0.4, 0.5) is 4.79 Å². The third-order valence-corrected chi connectivity index (χ3v) is 3.61. The van der Waals surface area contributed by atoms with Gasteiger partial charge < -0.3 is 9.84 Å². The lowest BCUT2D eigenvalue weighted by atomic mass is 9.90. The molecular formula is C11H17NO4. The van der Waals surface area contributed by atoms with E-state index in [2.05, 4.69) is 4.74 Å². The van der Waals surface area contributed by atoms with E-state index in [0.29, 0.717) is 0 Å².